The van der Waals surface area contributed by atoms with Crippen LogP contribution in [0.4, 0.5) is 0 Å². The van der Waals surface area contributed by atoms with Crippen molar-refractivity contribution in [3.8, 4) is 0 Å². The third-order valence-corrected chi connectivity index (χ3v) is 4.72. The molecule has 0 spiro atoms. The Hall–Kier alpha value is -0.710. The standard InChI is InChI=1S/C13H20N2OS/c1-3-10(2)11-8-17-12(15-11)13(9-14)4-6-16-7-5-13/h3,8H,4-7,9,14H2,1-2H3. The van der Waals surface area contributed by atoms with E-state index in [1.165, 1.54) is 10.6 Å². The number of allylic oxidation sites excluding steroid dienone is 2. The van der Waals surface area contributed by atoms with Crippen molar-refractivity contribution >= 4 is 16.9 Å². The molecular weight excluding hydrogens is 232 g/mol. The Bertz CT molecular complexity index is 405. The first-order valence-electron chi connectivity index (χ1n) is 6.09. The van der Waals surface area contributed by atoms with E-state index in [4.69, 9.17) is 15.5 Å². The summed E-state index contributed by atoms with van der Waals surface area (Å²) in [5.41, 5.74) is 8.35. The summed E-state index contributed by atoms with van der Waals surface area (Å²) in [6.07, 6.45) is 4.08. The lowest BCUT2D eigenvalue weighted by Crippen LogP contribution is -2.40. The molecule has 1 aliphatic rings. The molecule has 94 valence electrons. The fraction of sp³-hybridized carbons (Fsp3) is 0.615. The first kappa shape index (κ1) is 12.7. The largest absolute Gasteiger partial charge is 0.381 e. The van der Waals surface area contributed by atoms with Gasteiger partial charge in [0.1, 0.15) is 5.01 Å². The Morgan fingerprint density at radius 2 is 2.29 bits per heavy atom. The van der Waals surface area contributed by atoms with E-state index >= 15 is 0 Å². The van der Waals surface area contributed by atoms with Gasteiger partial charge in [-0.05, 0) is 32.3 Å². The molecule has 0 saturated carbocycles. The first-order chi connectivity index (χ1) is 8.22. The predicted octanol–water partition coefficient (Wildman–Crippen LogP) is 2.57. The molecule has 2 heterocycles. The third kappa shape index (κ3) is 2.44. The Labute approximate surface area is 107 Å². The Morgan fingerprint density at radius 1 is 1.59 bits per heavy atom. The average molecular weight is 252 g/mol. The molecule has 1 aromatic rings. The molecule has 0 atom stereocenters. The minimum atomic E-state index is 0.0508. The number of nitrogens with two attached hydrogens (primary N) is 1. The van der Waals surface area contributed by atoms with Gasteiger partial charge >= 0.3 is 0 Å². The highest BCUT2D eigenvalue weighted by Gasteiger charge is 2.35. The number of hydrogen-bond acceptors (Lipinski definition) is 4. The van der Waals surface area contributed by atoms with Crippen LogP contribution in [-0.2, 0) is 10.2 Å². The van der Waals surface area contributed by atoms with Crippen molar-refractivity contribution in [2.75, 3.05) is 19.8 Å². The molecule has 0 aliphatic carbocycles. The van der Waals surface area contributed by atoms with Crippen molar-refractivity contribution in [3.63, 3.8) is 0 Å². The molecule has 17 heavy (non-hydrogen) atoms. The Balaban J connectivity index is 2.28. The highest BCUT2D eigenvalue weighted by Crippen LogP contribution is 2.36. The predicted molar refractivity (Wildman–Crippen MR) is 72.2 cm³/mol. The monoisotopic (exact) mass is 252 g/mol. The second-order valence-electron chi connectivity index (χ2n) is 4.61. The topological polar surface area (TPSA) is 48.1 Å². The van der Waals surface area contributed by atoms with Gasteiger partial charge in [-0.15, -0.1) is 11.3 Å². The summed E-state index contributed by atoms with van der Waals surface area (Å²) in [5.74, 6) is 0. The zero-order valence-corrected chi connectivity index (χ0v) is 11.3. The van der Waals surface area contributed by atoms with E-state index in [0.717, 1.165) is 31.7 Å². The average Bonchev–Trinajstić information content (AvgIpc) is 2.88. The van der Waals surface area contributed by atoms with Crippen LogP contribution in [-0.4, -0.2) is 24.7 Å². The van der Waals surface area contributed by atoms with Crippen LogP contribution < -0.4 is 5.73 Å². The summed E-state index contributed by atoms with van der Waals surface area (Å²) in [6.45, 7) is 6.40. The van der Waals surface area contributed by atoms with Gasteiger partial charge in [-0.3, -0.25) is 0 Å². The maximum atomic E-state index is 5.98. The minimum Gasteiger partial charge on any atom is -0.381 e. The Kier molecular flexibility index (Phi) is 3.97. The molecule has 1 aromatic heterocycles. The van der Waals surface area contributed by atoms with Crippen LogP contribution in [0.5, 0.6) is 0 Å². The molecule has 0 aromatic carbocycles. The highest BCUT2D eigenvalue weighted by atomic mass is 32.1. The van der Waals surface area contributed by atoms with Gasteiger partial charge in [-0.25, -0.2) is 4.98 Å². The van der Waals surface area contributed by atoms with Crippen LogP contribution >= 0.6 is 11.3 Å². The molecule has 4 heteroatoms. The molecule has 1 saturated heterocycles. The molecule has 0 bridgehead atoms. The smallest absolute Gasteiger partial charge is 0.101 e. The van der Waals surface area contributed by atoms with Crippen molar-refractivity contribution in [2.45, 2.75) is 32.1 Å². The van der Waals surface area contributed by atoms with Crippen molar-refractivity contribution in [1.82, 2.24) is 4.98 Å². The summed E-state index contributed by atoms with van der Waals surface area (Å²) >= 11 is 1.74. The van der Waals surface area contributed by atoms with E-state index in [2.05, 4.69) is 18.4 Å². The molecule has 1 fully saturated rings. The van der Waals surface area contributed by atoms with Crippen LogP contribution in [0.3, 0.4) is 0 Å². The van der Waals surface area contributed by atoms with E-state index in [-0.39, 0.29) is 5.41 Å². The van der Waals surface area contributed by atoms with Gasteiger partial charge in [-0.1, -0.05) is 6.08 Å². The zero-order valence-electron chi connectivity index (χ0n) is 10.5. The molecule has 0 radical (unpaired) electrons. The molecule has 0 amide bonds. The van der Waals surface area contributed by atoms with Crippen LogP contribution in [0.25, 0.3) is 5.57 Å². The second kappa shape index (κ2) is 5.29. The van der Waals surface area contributed by atoms with Crippen molar-refractivity contribution < 1.29 is 4.74 Å². The fourth-order valence-corrected chi connectivity index (χ4v) is 3.26. The van der Waals surface area contributed by atoms with Gasteiger partial charge in [-0.2, -0.15) is 0 Å². The van der Waals surface area contributed by atoms with Crippen LogP contribution in [0.1, 0.15) is 37.4 Å². The molecule has 3 nitrogen and oxygen atoms in total. The summed E-state index contributed by atoms with van der Waals surface area (Å²) in [4.78, 5) is 4.76. The lowest BCUT2D eigenvalue weighted by atomic mass is 9.81. The minimum absolute atomic E-state index is 0.0508. The zero-order chi connectivity index (χ0) is 12.3. The molecule has 2 N–H and O–H groups in total. The molecule has 2 rings (SSSR count). The highest BCUT2D eigenvalue weighted by molar-refractivity contribution is 7.10. The van der Waals surface area contributed by atoms with E-state index in [0.29, 0.717) is 6.54 Å². The van der Waals surface area contributed by atoms with Crippen LogP contribution in [0.15, 0.2) is 11.5 Å². The number of hydrogen-bond donors (Lipinski definition) is 1. The van der Waals surface area contributed by atoms with Gasteiger partial charge in [0.05, 0.1) is 5.69 Å². The number of ether oxygens (including phenoxy) is 1. The lowest BCUT2D eigenvalue weighted by Gasteiger charge is -2.34. The molecular formula is C13H20N2OS. The van der Waals surface area contributed by atoms with E-state index in [9.17, 15) is 0 Å². The second-order valence-corrected chi connectivity index (χ2v) is 5.46. The van der Waals surface area contributed by atoms with Gasteiger partial charge in [0.15, 0.2) is 0 Å². The number of nitrogens with zero attached hydrogens (tertiary/aromatic N) is 1. The van der Waals surface area contributed by atoms with Crippen molar-refractivity contribution in [2.24, 2.45) is 5.73 Å². The summed E-state index contributed by atoms with van der Waals surface area (Å²) in [7, 11) is 0. The maximum absolute atomic E-state index is 5.98. The van der Waals surface area contributed by atoms with Crippen LogP contribution in [0, 0.1) is 0 Å². The van der Waals surface area contributed by atoms with E-state index in [1.807, 2.05) is 6.92 Å². The number of thiazole rings is 1. The Morgan fingerprint density at radius 3 is 2.88 bits per heavy atom. The fourth-order valence-electron chi connectivity index (χ4n) is 2.11. The van der Waals surface area contributed by atoms with Crippen molar-refractivity contribution in [1.29, 1.82) is 0 Å². The summed E-state index contributed by atoms with van der Waals surface area (Å²) in [6, 6.07) is 0. The van der Waals surface area contributed by atoms with Gasteiger partial charge in [0.25, 0.3) is 0 Å². The van der Waals surface area contributed by atoms with Gasteiger partial charge in [0, 0.05) is 30.6 Å². The number of aromatic nitrogens is 1. The van der Waals surface area contributed by atoms with Crippen LogP contribution in [0.2, 0.25) is 0 Å². The molecule has 0 unspecified atom stereocenters. The first-order valence-corrected chi connectivity index (χ1v) is 6.97. The van der Waals surface area contributed by atoms with Gasteiger partial charge < -0.3 is 10.5 Å². The maximum Gasteiger partial charge on any atom is 0.101 e. The SMILES string of the molecule is CC=C(C)c1csc(C2(CN)CCOCC2)n1. The normalized spacial score (nSPS) is 20.5. The van der Waals surface area contributed by atoms with Gasteiger partial charge in [0.2, 0.25) is 0 Å². The lowest BCUT2D eigenvalue weighted by molar-refractivity contribution is 0.0528. The molecule has 1 aliphatic heterocycles. The summed E-state index contributed by atoms with van der Waals surface area (Å²) < 4.78 is 5.43. The quantitative estimate of drug-likeness (QED) is 0.899. The van der Waals surface area contributed by atoms with E-state index < -0.39 is 0 Å². The number of rotatable bonds is 3. The third-order valence-electron chi connectivity index (χ3n) is 3.64. The van der Waals surface area contributed by atoms with Crippen molar-refractivity contribution in [3.05, 3.63) is 22.2 Å². The summed E-state index contributed by atoms with van der Waals surface area (Å²) in [5, 5.41) is 3.32. The van der Waals surface area contributed by atoms with E-state index in [1.54, 1.807) is 11.3 Å².